The number of hydrogen-bond donors (Lipinski definition) is 2. The van der Waals surface area contributed by atoms with Crippen molar-refractivity contribution in [2.75, 3.05) is 46.0 Å². The molecule has 0 heterocycles. The van der Waals surface area contributed by atoms with Gasteiger partial charge in [-0.25, -0.2) is 0 Å². The summed E-state index contributed by atoms with van der Waals surface area (Å²) in [6.07, 6.45) is 0.955. The molecule has 0 aliphatic heterocycles. The minimum absolute atomic E-state index is 0.121. The zero-order chi connectivity index (χ0) is 19.4. The first-order chi connectivity index (χ1) is 12.6. The molecule has 0 unspecified atom stereocenters. The average molecular weight is 368 g/mol. The lowest BCUT2D eigenvalue weighted by molar-refractivity contribution is -0.896. The number of ether oxygens (including phenoxy) is 3. The fraction of sp³-hybridized carbons (Fsp3) is 0.650. The molecule has 26 heavy (non-hydrogen) atoms. The van der Waals surface area contributed by atoms with Gasteiger partial charge in [0.1, 0.15) is 0 Å². The van der Waals surface area contributed by atoms with Crippen molar-refractivity contribution >= 4 is 5.91 Å². The van der Waals surface area contributed by atoms with Gasteiger partial charge in [0.2, 0.25) is 5.75 Å². The fourth-order valence-electron chi connectivity index (χ4n) is 2.77. The minimum Gasteiger partial charge on any atom is -0.490 e. The molecular formula is C20H35N2O4+. The molecule has 1 aromatic rings. The van der Waals surface area contributed by atoms with Crippen molar-refractivity contribution in [1.82, 2.24) is 5.32 Å². The number of rotatable bonds is 13. The van der Waals surface area contributed by atoms with Gasteiger partial charge in [0.25, 0.3) is 5.91 Å². The molecule has 2 N–H and O–H groups in total. The lowest BCUT2D eigenvalue weighted by Crippen LogP contribution is -3.11. The highest BCUT2D eigenvalue weighted by Gasteiger charge is 2.18. The molecule has 0 saturated carbocycles. The minimum atomic E-state index is -0.121. The van der Waals surface area contributed by atoms with Crippen LogP contribution in [0.5, 0.6) is 17.2 Å². The van der Waals surface area contributed by atoms with E-state index in [4.69, 9.17) is 14.2 Å². The van der Waals surface area contributed by atoms with Gasteiger partial charge in [0.15, 0.2) is 11.5 Å². The van der Waals surface area contributed by atoms with E-state index in [9.17, 15) is 4.79 Å². The number of carbonyl (C=O) groups excluding carboxylic acids is 1. The van der Waals surface area contributed by atoms with Crippen LogP contribution in [0.4, 0.5) is 0 Å². The van der Waals surface area contributed by atoms with Gasteiger partial charge in [-0.3, -0.25) is 4.79 Å². The monoisotopic (exact) mass is 367 g/mol. The fourth-order valence-corrected chi connectivity index (χ4v) is 2.77. The highest BCUT2D eigenvalue weighted by Crippen LogP contribution is 2.39. The van der Waals surface area contributed by atoms with Crippen molar-refractivity contribution in [3.63, 3.8) is 0 Å². The van der Waals surface area contributed by atoms with Crippen LogP contribution in [0.2, 0.25) is 0 Å². The Bertz CT molecular complexity index is 518. The van der Waals surface area contributed by atoms with Crippen molar-refractivity contribution in [3.05, 3.63) is 17.7 Å². The number of benzene rings is 1. The molecule has 1 rings (SSSR count). The van der Waals surface area contributed by atoms with Crippen molar-refractivity contribution in [2.24, 2.45) is 0 Å². The molecule has 0 aromatic heterocycles. The molecule has 0 aliphatic rings. The van der Waals surface area contributed by atoms with Crippen LogP contribution in [0.1, 0.15) is 51.4 Å². The summed E-state index contributed by atoms with van der Waals surface area (Å²) in [4.78, 5) is 14.1. The van der Waals surface area contributed by atoms with Crippen LogP contribution in [0, 0.1) is 0 Å². The standard InChI is InChI=1S/C20H34N2O4/c1-6-22(7-2)13-11-12-21-20(23)16-14-17(24-8-3)19(26-10-5)18(15-16)25-9-4/h14-15H,6-13H2,1-5H3,(H,21,23)/p+1. The van der Waals surface area contributed by atoms with E-state index < -0.39 is 0 Å². The Kier molecular flexibility index (Phi) is 10.5. The van der Waals surface area contributed by atoms with Crippen LogP contribution in [0.3, 0.4) is 0 Å². The molecule has 0 spiro atoms. The van der Waals surface area contributed by atoms with E-state index in [1.165, 1.54) is 4.90 Å². The highest BCUT2D eigenvalue weighted by atomic mass is 16.5. The number of carbonyl (C=O) groups is 1. The van der Waals surface area contributed by atoms with Gasteiger partial charge >= 0.3 is 0 Å². The third kappa shape index (κ3) is 6.75. The summed E-state index contributed by atoms with van der Waals surface area (Å²) in [6, 6.07) is 3.45. The van der Waals surface area contributed by atoms with Gasteiger partial charge in [0, 0.05) is 18.5 Å². The van der Waals surface area contributed by atoms with Gasteiger partial charge in [-0.1, -0.05) is 0 Å². The second kappa shape index (κ2) is 12.4. The van der Waals surface area contributed by atoms with Crippen LogP contribution in [0.15, 0.2) is 12.1 Å². The summed E-state index contributed by atoms with van der Waals surface area (Å²) in [5.41, 5.74) is 0.524. The Hall–Kier alpha value is -1.95. The maximum absolute atomic E-state index is 12.5. The molecule has 0 aliphatic carbocycles. The second-order valence-electron chi connectivity index (χ2n) is 5.92. The molecule has 148 valence electrons. The van der Waals surface area contributed by atoms with Gasteiger partial charge in [-0.2, -0.15) is 0 Å². The first-order valence-electron chi connectivity index (χ1n) is 9.79. The number of hydrogen-bond acceptors (Lipinski definition) is 4. The lowest BCUT2D eigenvalue weighted by atomic mass is 10.1. The van der Waals surface area contributed by atoms with Gasteiger partial charge in [-0.15, -0.1) is 0 Å². The summed E-state index contributed by atoms with van der Waals surface area (Å²) < 4.78 is 17.0. The summed E-state index contributed by atoms with van der Waals surface area (Å²) in [5, 5.41) is 2.99. The summed E-state index contributed by atoms with van der Waals surface area (Å²) in [6.45, 7) is 15.5. The third-order valence-electron chi connectivity index (χ3n) is 4.16. The predicted molar refractivity (Wildman–Crippen MR) is 104 cm³/mol. The topological polar surface area (TPSA) is 61.2 Å². The van der Waals surface area contributed by atoms with Crippen LogP contribution < -0.4 is 24.4 Å². The van der Waals surface area contributed by atoms with E-state index in [2.05, 4.69) is 19.2 Å². The molecule has 6 heteroatoms. The number of quaternary nitrogens is 1. The molecule has 0 radical (unpaired) electrons. The van der Waals surface area contributed by atoms with Crippen LogP contribution in [-0.2, 0) is 0 Å². The normalized spacial score (nSPS) is 10.7. The van der Waals surface area contributed by atoms with Crippen LogP contribution >= 0.6 is 0 Å². The first-order valence-corrected chi connectivity index (χ1v) is 9.79. The Morgan fingerprint density at radius 2 is 1.46 bits per heavy atom. The molecule has 0 fully saturated rings. The largest absolute Gasteiger partial charge is 0.490 e. The Balaban J connectivity index is 2.84. The van der Waals surface area contributed by atoms with E-state index in [1.807, 2.05) is 20.8 Å². The Morgan fingerprint density at radius 1 is 0.923 bits per heavy atom. The smallest absolute Gasteiger partial charge is 0.251 e. The highest BCUT2D eigenvalue weighted by molar-refractivity contribution is 5.95. The average Bonchev–Trinajstić information content (AvgIpc) is 2.64. The van der Waals surface area contributed by atoms with Crippen molar-refractivity contribution in [1.29, 1.82) is 0 Å². The third-order valence-corrected chi connectivity index (χ3v) is 4.16. The van der Waals surface area contributed by atoms with E-state index in [0.717, 1.165) is 26.1 Å². The van der Waals surface area contributed by atoms with E-state index in [-0.39, 0.29) is 5.91 Å². The SMILES string of the molecule is CCOc1cc(C(=O)NCCC[NH+](CC)CC)cc(OCC)c1OCC. The molecule has 6 nitrogen and oxygen atoms in total. The molecule has 0 saturated heterocycles. The van der Waals surface area contributed by atoms with E-state index in [1.54, 1.807) is 12.1 Å². The summed E-state index contributed by atoms with van der Waals surface area (Å²) >= 11 is 0. The molecular weight excluding hydrogens is 332 g/mol. The number of nitrogens with one attached hydrogen (secondary N) is 2. The summed E-state index contributed by atoms with van der Waals surface area (Å²) in [7, 11) is 0. The quantitative estimate of drug-likeness (QED) is 0.523. The van der Waals surface area contributed by atoms with E-state index in [0.29, 0.717) is 49.2 Å². The van der Waals surface area contributed by atoms with Crippen LogP contribution in [0.25, 0.3) is 0 Å². The second-order valence-corrected chi connectivity index (χ2v) is 5.92. The van der Waals surface area contributed by atoms with Crippen molar-refractivity contribution < 1.29 is 23.9 Å². The zero-order valence-corrected chi connectivity index (χ0v) is 16.9. The Morgan fingerprint density at radius 3 is 1.92 bits per heavy atom. The van der Waals surface area contributed by atoms with Crippen molar-refractivity contribution in [3.8, 4) is 17.2 Å². The van der Waals surface area contributed by atoms with Crippen LogP contribution in [-0.4, -0.2) is 51.9 Å². The lowest BCUT2D eigenvalue weighted by Gasteiger charge is -2.17. The van der Waals surface area contributed by atoms with Gasteiger partial charge in [0.05, 0.1) is 39.5 Å². The van der Waals surface area contributed by atoms with E-state index >= 15 is 0 Å². The zero-order valence-electron chi connectivity index (χ0n) is 16.9. The molecule has 1 aromatic carbocycles. The molecule has 0 bridgehead atoms. The maximum Gasteiger partial charge on any atom is 0.251 e. The maximum atomic E-state index is 12.5. The molecule has 0 atom stereocenters. The molecule has 1 amide bonds. The predicted octanol–water partition coefficient (Wildman–Crippen LogP) is 1.93. The summed E-state index contributed by atoms with van der Waals surface area (Å²) in [5.74, 6) is 1.51. The van der Waals surface area contributed by atoms with Gasteiger partial charge in [-0.05, 0) is 46.8 Å². The van der Waals surface area contributed by atoms with Crippen molar-refractivity contribution in [2.45, 2.75) is 41.0 Å². The Labute approximate surface area is 157 Å². The van der Waals surface area contributed by atoms with Gasteiger partial charge < -0.3 is 24.4 Å². The number of amides is 1. The first kappa shape index (κ1) is 22.1.